The van der Waals surface area contributed by atoms with E-state index in [0.717, 1.165) is 16.9 Å². The van der Waals surface area contributed by atoms with Gasteiger partial charge in [-0.1, -0.05) is 42.2 Å². The van der Waals surface area contributed by atoms with E-state index in [9.17, 15) is 9.59 Å². The first-order valence-electron chi connectivity index (χ1n) is 7.44. The van der Waals surface area contributed by atoms with E-state index in [2.05, 4.69) is 0 Å². The minimum absolute atomic E-state index is 0.0197. The molecule has 2 aliphatic rings. The van der Waals surface area contributed by atoms with Crippen LogP contribution in [0.2, 0.25) is 0 Å². The lowest BCUT2D eigenvalue weighted by Crippen LogP contribution is -2.29. The molecule has 0 radical (unpaired) electrons. The van der Waals surface area contributed by atoms with Gasteiger partial charge in [0.05, 0.1) is 4.91 Å². The number of carbonyl (C=O) groups excluding carboxylic acids is 1. The summed E-state index contributed by atoms with van der Waals surface area (Å²) in [5.74, 6) is -0.217. The average Bonchev–Trinajstić information content (AvgIpc) is 2.82. The van der Waals surface area contributed by atoms with Crippen LogP contribution in [0.4, 0.5) is 0 Å². The van der Waals surface area contributed by atoms with Gasteiger partial charge in [-0.2, -0.15) is 0 Å². The zero-order chi connectivity index (χ0) is 17.1. The monoisotopic (exact) mass is 361 g/mol. The van der Waals surface area contributed by atoms with Gasteiger partial charge in [-0.15, -0.1) is 0 Å². The van der Waals surface area contributed by atoms with Crippen LogP contribution in [-0.4, -0.2) is 39.4 Å². The Bertz CT molecular complexity index is 770. The first-order valence-corrected chi connectivity index (χ1v) is 8.66. The van der Waals surface area contributed by atoms with Crippen molar-refractivity contribution in [2.45, 2.75) is 12.8 Å². The molecule has 7 heteroatoms. The number of aliphatic carboxylic acids is 1. The summed E-state index contributed by atoms with van der Waals surface area (Å²) in [6.07, 6.45) is 4.20. The third-order valence-electron chi connectivity index (χ3n) is 3.62. The maximum absolute atomic E-state index is 12.4. The van der Waals surface area contributed by atoms with Gasteiger partial charge in [0.2, 0.25) is 0 Å². The lowest BCUT2D eigenvalue weighted by molar-refractivity contribution is -0.137. The van der Waals surface area contributed by atoms with Crippen LogP contribution in [0.3, 0.4) is 0 Å². The van der Waals surface area contributed by atoms with Crippen LogP contribution >= 0.6 is 24.0 Å². The number of thioether (sulfide) groups is 1. The molecule has 0 spiro atoms. The quantitative estimate of drug-likeness (QED) is 0.642. The number of nitrogens with zero attached hydrogens (tertiary/aromatic N) is 1. The van der Waals surface area contributed by atoms with E-state index < -0.39 is 5.97 Å². The van der Waals surface area contributed by atoms with E-state index in [4.69, 9.17) is 22.1 Å². The van der Waals surface area contributed by atoms with E-state index in [1.54, 1.807) is 6.08 Å². The van der Waals surface area contributed by atoms with E-state index >= 15 is 0 Å². The fourth-order valence-electron chi connectivity index (χ4n) is 2.47. The Hall–Kier alpha value is -2.12. The minimum atomic E-state index is -0.876. The molecular formula is C17H15NO4S2. The summed E-state index contributed by atoms with van der Waals surface area (Å²) in [7, 11) is 0. The van der Waals surface area contributed by atoms with Gasteiger partial charge >= 0.3 is 5.97 Å². The van der Waals surface area contributed by atoms with Crippen molar-refractivity contribution < 1.29 is 19.4 Å². The molecule has 24 heavy (non-hydrogen) atoms. The fourth-order valence-corrected chi connectivity index (χ4v) is 3.79. The van der Waals surface area contributed by atoms with Crippen LogP contribution in [0.5, 0.6) is 5.75 Å². The van der Waals surface area contributed by atoms with Crippen molar-refractivity contribution in [1.82, 2.24) is 4.90 Å². The third kappa shape index (κ3) is 3.68. The van der Waals surface area contributed by atoms with Gasteiger partial charge in [0.1, 0.15) is 16.7 Å². The molecule has 0 unspecified atom stereocenters. The van der Waals surface area contributed by atoms with Gasteiger partial charge in [-0.05, 0) is 30.2 Å². The molecule has 0 aromatic heterocycles. The Morgan fingerprint density at radius 2 is 2.21 bits per heavy atom. The second kappa shape index (κ2) is 7.19. The maximum atomic E-state index is 12.4. The highest BCUT2D eigenvalue weighted by Gasteiger charge is 2.32. The van der Waals surface area contributed by atoms with Crippen LogP contribution < -0.4 is 4.74 Å². The maximum Gasteiger partial charge on any atom is 0.303 e. The molecule has 1 amide bonds. The summed E-state index contributed by atoms with van der Waals surface area (Å²) in [6.45, 7) is 0.729. The van der Waals surface area contributed by atoms with Crippen LogP contribution in [0, 0.1) is 0 Å². The Kier molecular flexibility index (Phi) is 5.01. The van der Waals surface area contributed by atoms with Crippen molar-refractivity contribution in [3.63, 3.8) is 0 Å². The lowest BCUT2D eigenvalue weighted by Gasteiger charge is -2.16. The first-order chi connectivity index (χ1) is 11.5. The fraction of sp³-hybridized carbons (Fsp3) is 0.235. The number of para-hydroxylation sites is 1. The second-order valence-corrected chi connectivity index (χ2v) is 7.05. The Balaban J connectivity index is 1.73. The van der Waals surface area contributed by atoms with Gasteiger partial charge in [0, 0.05) is 18.5 Å². The van der Waals surface area contributed by atoms with Crippen molar-refractivity contribution in [3.8, 4) is 5.75 Å². The standard InChI is InChI=1S/C17H15NO4S2/c19-15(20)6-3-7-18-16(21)14(24-17(18)23)9-11-8-12-4-1-2-5-13(12)22-10-11/h1-2,4-5,8-9H,3,6-7,10H2,(H,19,20)/b14-9-. The molecule has 1 fully saturated rings. The summed E-state index contributed by atoms with van der Waals surface area (Å²) in [4.78, 5) is 25.0. The Morgan fingerprint density at radius 3 is 3.00 bits per heavy atom. The molecule has 3 rings (SSSR count). The molecule has 0 atom stereocenters. The summed E-state index contributed by atoms with van der Waals surface area (Å²) in [5, 5.41) is 8.69. The van der Waals surface area contributed by atoms with E-state index in [1.165, 1.54) is 16.7 Å². The molecule has 1 aromatic rings. The Labute approximate surface area is 149 Å². The number of amides is 1. The van der Waals surface area contributed by atoms with Gasteiger partial charge in [-0.25, -0.2) is 0 Å². The number of hydrogen-bond acceptors (Lipinski definition) is 5. The normalized spacial score (nSPS) is 18.4. The molecule has 0 saturated carbocycles. The summed E-state index contributed by atoms with van der Waals surface area (Å²) in [5.41, 5.74) is 1.88. The SMILES string of the molecule is O=C(O)CCCN1C(=O)/C(=C/C2=Cc3ccccc3OC2)SC1=S. The third-order valence-corrected chi connectivity index (χ3v) is 4.99. The van der Waals surface area contributed by atoms with Crippen LogP contribution in [0.1, 0.15) is 18.4 Å². The summed E-state index contributed by atoms with van der Waals surface area (Å²) in [6, 6.07) is 7.72. The van der Waals surface area contributed by atoms with Crippen molar-refractivity contribution in [2.75, 3.05) is 13.2 Å². The van der Waals surface area contributed by atoms with E-state index in [0.29, 0.717) is 28.8 Å². The van der Waals surface area contributed by atoms with E-state index in [-0.39, 0.29) is 12.3 Å². The molecule has 2 heterocycles. The number of benzene rings is 1. The smallest absolute Gasteiger partial charge is 0.303 e. The molecule has 1 N–H and O–H groups in total. The average molecular weight is 361 g/mol. The first kappa shape index (κ1) is 16.7. The van der Waals surface area contributed by atoms with Gasteiger partial charge in [-0.3, -0.25) is 14.5 Å². The lowest BCUT2D eigenvalue weighted by atomic mass is 10.1. The van der Waals surface area contributed by atoms with Crippen molar-refractivity contribution in [2.24, 2.45) is 0 Å². The van der Waals surface area contributed by atoms with Crippen LogP contribution in [0.25, 0.3) is 6.08 Å². The summed E-state index contributed by atoms with van der Waals surface area (Å²) >= 11 is 6.47. The summed E-state index contributed by atoms with van der Waals surface area (Å²) < 4.78 is 6.15. The van der Waals surface area contributed by atoms with Crippen LogP contribution in [0.15, 0.2) is 40.8 Å². The number of fused-ring (bicyclic) bond motifs is 1. The molecule has 0 bridgehead atoms. The molecule has 124 valence electrons. The molecule has 1 aromatic carbocycles. The number of carboxylic acids is 1. The minimum Gasteiger partial charge on any atom is -0.488 e. The van der Waals surface area contributed by atoms with Crippen LogP contribution in [-0.2, 0) is 9.59 Å². The number of thiocarbonyl (C=S) groups is 1. The van der Waals surface area contributed by atoms with Crippen molar-refractivity contribution >= 4 is 46.3 Å². The largest absolute Gasteiger partial charge is 0.488 e. The molecule has 5 nitrogen and oxygen atoms in total. The van der Waals surface area contributed by atoms with Gasteiger partial charge in [0.15, 0.2) is 0 Å². The zero-order valence-electron chi connectivity index (χ0n) is 12.7. The van der Waals surface area contributed by atoms with Crippen molar-refractivity contribution in [1.29, 1.82) is 0 Å². The van der Waals surface area contributed by atoms with Gasteiger partial charge < -0.3 is 9.84 Å². The molecular weight excluding hydrogens is 346 g/mol. The number of rotatable bonds is 5. The highest BCUT2D eigenvalue weighted by Crippen LogP contribution is 2.34. The predicted molar refractivity (Wildman–Crippen MR) is 96.8 cm³/mol. The van der Waals surface area contributed by atoms with Gasteiger partial charge in [0.25, 0.3) is 5.91 Å². The highest BCUT2D eigenvalue weighted by atomic mass is 32.2. The molecule has 2 aliphatic heterocycles. The topological polar surface area (TPSA) is 66.8 Å². The highest BCUT2D eigenvalue weighted by molar-refractivity contribution is 8.26. The number of carbonyl (C=O) groups is 2. The Morgan fingerprint density at radius 1 is 1.42 bits per heavy atom. The predicted octanol–water partition coefficient (Wildman–Crippen LogP) is 3.07. The number of carboxylic acid groups (broad SMARTS) is 1. The second-order valence-electron chi connectivity index (χ2n) is 5.38. The van der Waals surface area contributed by atoms with E-state index in [1.807, 2.05) is 30.3 Å². The zero-order valence-corrected chi connectivity index (χ0v) is 14.4. The molecule has 1 saturated heterocycles. The van der Waals surface area contributed by atoms with Crippen molar-refractivity contribution in [3.05, 3.63) is 46.4 Å². The molecule has 0 aliphatic carbocycles. The number of hydrogen-bond donors (Lipinski definition) is 1. The number of ether oxygens (including phenoxy) is 1.